The first-order valence-corrected chi connectivity index (χ1v) is 12.5. The predicted molar refractivity (Wildman–Crippen MR) is 137 cm³/mol. The summed E-state index contributed by atoms with van der Waals surface area (Å²) in [5, 5.41) is 10.8. The van der Waals surface area contributed by atoms with Gasteiger partial charge < -0.3 is 14.3 Å². The molecule has 0 aliphatic heterocycles. The molecule has 0 bridgehead atoms. The molecule has 1 N–H and O–H groups in total. The summed E-state index contributed by atoms with van der Waals surface area (Å²) in [6.07, 6.45) is 3.41. The summed E-state index contributed by atoms with van der Waals surface area (Å²) in [5.74, 6) is 1.31. The number of aromatic hydroxyl groups is 1. The fourth-order valence-electron chi connectivity index (χ4n) is 3.75. The minimum Gasteiger partial charge on any atom is -0.506 e. The lowest BCUT2D eigenvalue weighted by Crippen LogP contribution is -2.04. The van der Waals surface area contributed by atoms with Gasteiger partial charge in [-0.15, -0.1) is 0 Å². The van der Waals surface area contributed by atoms with Crippen LogP contribution >= 0.6 is 31.9 Å². The Bertz CT molecular complexity index is 1260. The number of carbonyl (C=O) groups excluding carboxylic acids is 1. The van der Waals surface area contributed by atoms with Gasteiger partial charge in [0.05, 0.1) is 21.1 Å². The van der Waals surface area contributed by atoms with Crippen LogP contribution < -0.4 is 4.74 Å². The lowest BCUT2D eigenvalue weighted by Gasteiger charge is -2.07. The first-order valence-electron chi connectivity index (χ1n) is 10.9. The maximum Gasteiger partial charge on any atom is 0.197 e. The van der Waals surface area contributed by atoms with Gasteiger partial charge in [0.1, 0.15) is 22.8 Å². The van der Waals surface area contributed by atoms with Crippen LogP contribution in [0.5, 0.6) is 11.5 Å². The summed E-state index contributed by atoms with van der Waals surface area (Å²) in [5.41, 5.74) is 2.89. The van der Waals surface area contributed by atoms with Gasteiger partial charge in [-0.3, -0.25) is 4.79 Å². The minimum atomic E-state index is -0.140. The average Bonchev–Trinajstić information content (AvgIpc) is 3.18. The molecule has 0 fully saturated rings. The molecule has 0 atom stereocenters. The zero-order valence-electron chi connectivity index (χ0n) is 18.2. The van der Waals surface area contributed by atoms with Gasteiger partial charge in [-0.1, -0.05) is 43.7 Å². The number of hydrogen-bond donors (Lipinski definition) is 1. The Hall–Kier alpha value is -2.57. The highest BCUT2D eigenvalue weighted by Crippen LogP contribution is 2.36. The van der Waals surface area contributed by atoms with Crippen LogP contribution in [0.1, 0.15) is 47.0 Å². The number of ether oxygens (including phenoxy) is 1. The lowest BCUT2D eigenvalue weighted by molar-refractivity contribution is 0.103. The van der Waals surface area contributed by atoms with Crippen molar-refractivity contribution in [1.82, 2.24) is 0 Å². The summed E-state index contributed by atoms with van der Waals surface area (Å²) < 4.78 is 13.0. The summed E-state index contributed by atoms with van der Waals surface area (Å²) >= 11 is 6.63. The normalized spacial score (nSPS) is 11.1. The molecule has 6 heteroatoms. The van der Waals surface area contributed by atoms with Crippen LogP contribution in [0.4, 0.5) is 0 Å². The van der Waals surface area contributed by atoms with Crippen molar-refractivity contribution in [3.05, 3.63) is 92.1 Å². The quantitative estimate of drug-likeness (QED) is 0.208. The number of furan rings is 1. The predicted octanol–water partition coefficient (Wildman–Crippen LogP) is 7.86. The Kier molecular flexibility index (Phi) is 7.56. The zero-order chi connectivity index (χ0) is 23.4. The molecule has 4 aromatic rings. The second-order valence-corrected chi connectivity index (χ2v) is 9.57. The van der Waals surface area contributed by atoms with Crippen LogP contribution in [0.3, 0.4) is 0 Å². The Morgan fingerprint density at radius 1 is 1.00 bits per heavy atom. The van der Waals surface area contributed by atoms with Crippen molar-refractivity contribution in [3.63, 3.8) is 0 Å². The molecule has 3 aromatic carbocycles. The lowest BCUT2D eigenvalue weighted by atomic mass is 9.98. The summed E-state index contributed by atoms with van der Waals surface area (Å²) in [6.45, 7) is 2.66. The van der Waals surface area contributed by atoms with Gasteiger partial charge in [0.2, 0.25) is 0 Å². The highest BCUT2D eigenvalue weighted by atomic mass is 79.9. The van der Waals surface area contributed by atoms with Crippen molar-refractivity contribution in [2.24, 2.45) is 0 Å². The number of aryl methyl sites for hydroxylation is 1. The third-order valence-corrected chi connectivity index (χ3v) is 6.71. The Morgan fingerprint density at radius 2 is 1.73 bits per heavy atom. The van der Waals surface area contributed by atoms with Crippen molar-refractivity contribution in [2.75, 3.05) is 6.61 Å². The van der Waals surface area contributed by atoms with Crippen LogP contribution in [-0.4, -0.2) is 17.5 Å². The SMILES string of the molecule is CCCCc1oc2cc(OCCc3ccccc3)ccc2c1C(=O)c1cc(Br)c(O)c(Br)c1. The van der Waals surface area contributed by atoms with Crippen molar-refractivity contribution in [1.29, 1.82) is 0 Å². The van der Waals surface area contributed by atoms with E-state index in [1.165, 1.54) is 5.56 Å². The number of benzene rings is 3. The molecule has 0 saturated heterocycles. The maximum atomic E-state index is 13.5. The van der Waals surface area contributed by atoms with Crippen molar-refractivity contribution in [3.8, 4) is 11.5 Å². The number of rotatable bonds is 9. The summed E-state index contributed by atoms with van der Waals surface area (Å²) in [4.78, 5) is 13.5. The molecule has 170 valence electrons. The topological polar surface area (TPSA) is 59.7 Å². The van der Waals surface area contributed by atoms with E-state index in [1.54, 1.807) is 12.1 Å². The largest absolute Gasteiger partial charge is 0.506 e. The summed E-state index contributed by atoms with van der Waals surface area (Å²) in [7, 11) is 0. The maximum absolute atomic E-state index is 13.5. The molecule has 33 heavy (non-hydrogen) atoms. The first kappa shape index (κ1) is 23.6. The Morgan fingerprint density at radius 3 is 2.42 bits per heavy atom. The smallest absolute Gasteiger partial charge is 0.197 e. The van der Waals surface area contributed by atoms with Crippen LogP contribution in [0.25, 0.3) is 11.0 Å². The molecule has 0 unspecified atom stereocenters. The molecular formula is C27H24Br2O4. The molecule has 0 radical (unpaired) electrons. The molecule has 1 aromatic heterocycles. The molecule has 0 amide bonds. The molecular weight excluding hydrogens is 548 g/mol. The standard InChI is InChI=1S/C27H24Br2O4/c1-2-3-9-23-25(26(30)18-14-21(28)27(31)22(29)15-18)20-11-10-19(16-24(20)33-23)32-13-12-17-7-5-4-6-8-17/h4-8,10-11,14-16,31H,2-3,9,12-13H2,1H3. The van der Waals surface area contributed by atoms with Gasteiger partial charge in [-0.05, 0) is 68.1 Å². The number of halogens is 2. The van der Waals surface area contributed by atoms with E-state index >= 15 is 0 Å². The highest BCUT2D eigenvalue weighted by Gasteiger charge is 2.23. The van der Waals surface area contributed by atoms with Gasteiger partial charge in [0.15, 0.2) is 5.78 Å². The number of ketones is 1. The van der Waals surface area contributed by atoms with Gasteiger partial charge in [0.25, 0.3) is 0 Å². The van der Waals surface area contributed by atoms with Crippen LogP contribution in [0, 0.1) is 0 Å². The van der Waals surface area contributed by atoms with Crippen LogP contribution in [0.2, 0.25) is 0 Å². The van der Waals surface area contributed by atoms with E-state index in [2.05, 4.69) is 50.9 Å². The molecule has 0 saturated carbocycles. The molecule has 4 nitrogen and oxygen atoms in total. The van der Waals surface area contributed by atoms with E-state index in [0.29, 0.717) is 50.2 Å². The Balaban J connectivity index is 1.64. The number of fused-ring (bicyclic) bond motifs is 1. The van der Waals surface area contributed by atoms with Crippen molar-refractivity contribution < 1.29 is 19.1 Å². The minimum absolute atomic E-state index is 0.0621. The monoisotopic (exact) mass is 570 g/mol. The molecule has 0 aliphatic carbocycles. The second kappa shape index (κ2) is 10.6. The van der Waals surface area contributed by atoms with Crippen molar-refractivity contribution in [2.45, 2.75) is 32.6 Å². The van der Waals surface area contributed by atoms with E-state index in [-0.39, 0.29) is 11.5 Å². The molecule has 0 aliphatic rings. The fraction of sp³-hybridized carbons (Fsp3) is 0.222. The highest BCUT2D eigenvalue weighted by molar-refractivity contribution is 9.11. The van der Waals surface area contributed by atoms with Crippen molar-refractivity contribution >= 4 is 48.6 Å². The van der Waals surface area contributed by atoms with E-state index in [0.717, 1.165) is 24.6 Å². The van der Waals surface area contributed by atoms with E-state index in [4.69, 9.17) is 9.15 Å². The van der Waals surface area contributed by atoms with Gasteiger partial charge in [0, 0.05) is 29.9 Å². The number of phenolic OH excluding ortho intramolecular Hbond substituents is 1. The average molecular weight is 572 g/mol. The molecule has 4 rings (SSSR count). The molecule has 1 heterocycles. The fourth-order valence-corrected chi connectivity index (χ4v) is 4.94. The second-order valence-electron chi connectivity index (χ2n) is 7.86. The molecule has 0 spiro atoms. The van der Waals surface area contributed by atoms with Gasteiger partial charge in [-0.2, -0.15) is 0 Å². The first-order chi connectivity index (χ1) is 16.0. The van der Waals surface area contributed by atoms with Gasteiger partial charge >= 0.3 is 0 Å². The van der Waals surface area contributed by atoms with Crippen LogP contribution in [-0.2, 0) is 12.8 Å². The zero-order valence-corrected chi connectivity index (χ0v) is 21.4. The third kappa shape index (κ3) is 5.33. The Labute approximate surface area is 209 Å². The van der Waals surface area contributed by atoms with E-state index in [9.17, 15) is 9.90 Å². The number of phenols is 1. The van der Waals surface area contributed by atoms with Gasteiger partial charge in [-0.25, -0.2) is 0 Å². The van der Waals surface area contributed by atoms with E-state index < -0.39 is 0 Å². The summed E-state index contributed by atoms with van der Waals surface area (Å²) in [6, 6.07) is 19.1. The number of carbonyl (C=O) groups is 1. The number of unbranched alkanes of at least 4 members (excludes halogenated alkanes) is 1. The van der Waals surface area contributed by atoms with E-state index in [1.807, 2.05) is 36.4 Å². The van der Waals surface area contributed by atoms with Crippen LogP contribution in [0.15, 0.2) is 74.0 Å². The third-order valence-electron chi connectivity index (χ3n) is 5.50. The number of hydrogen-bond acceptors (Lipinski definition) is 4.